The Morgan fingerprint density at radius 1 is 1.41 bits per heavy atom. The second-order valence-electron chi connectivity index (χ2n) is 4.09. The highest BCUT2D eigenvalue weighted by atomic mass is 16.4. The van der Waals surface area contributed by atoms with Gasteiger partial charge < -0.3 is 10.0 Å². The number of piperidine rings is 1. The lowest BCUT2D eigenvalue weighted by molar-refractivity contribution is -0.143. The van der Waals surface area contributed by atoms with Gasteiger partial charge in [-0.15, -0.1) is 0 Å². The summed E-state index contributed by atoms with van der Waals surface area (Å²) in [6.45, 7) is 0.505. The molecule has 5 heteroatoms. The van der Waals surface area contributed by atoms with Crippen molar-refractivity contribution < 1.29 is 14.7 Å². The average Bonchev–Trinajstić information content (AvgIpc) is 2.39. The fourth-order valence-electron chi connectivity index (χ4n) is 2.09. The lowest BCUT2D eigenvalue weighted by Gasteiger charge is -2.32. The third-order valence-electron chi connectivity index (χ3n) is 2.96. The minimum atomic E-state index is -0.929. The molecule has 0 radical (unpaired) electrons. The van der Waals surface area contributed by atoms with E-state index in [1.54, 1.807) is 18.3 Å². The molecule has 0 unspecified atom stereocenters. The van der Waals surface area contributed by atoms with Crippen molar-refractivity contribution in [3.63, 3.8) is 0 Å². The molecule has 0 aliphatic carbocycles. The Kier molecular flexibility index (Phi) is 3.37. The summed E-state index contributed by atoms with van der Waals surface area (Å²) >= 11 is 0. The molecule has 2 rings (SSSR count). The number of pyridine rings is 1. The molecule has 2 heterocycles. The minimum Gasteiger partial charge on any atom is -0.480 e. The highest BCUT2D eigenvalue weighted by Crippen LogP contribution is 2.19. The second kappa shape index (κ2) is 4.95. The summed E-state index contributed by atoms with van der Waals surface area (Å²) in [4.78, 5) is 28.5. The van der Waals surface area contributed by atoms with Crippen molar-refractivity contribution >= 4 is 11.9 Å². The molecule has 1 saturated heterocycles. The summed E-state index contributed by atoms with van der Waals surface area (Å²) in [5.41, 5.74) is 0.445. The average molecular weight is 234 g/mol. The van der Waals surface area contributed by atoms with E-state index in [0.717, 1.165) is 12.8 Å². The molecular weight excluding hydrogens is 220 g/mol. The first kappa shape index (κ1) is 11.6. The molecule has 1 amide bonds. The fourth-order valence-corrected chi connectivity index (χ4v) is 2.09. The molecule has 1 aliphatic heterocycles. The number of hydrogen-bond donors (Lipinski definition) is 1. The maximum atomic E-state index is 12.1. The van der Waals surface area contributed by atoms with Gasteiger partial charge in [-0.3, -0.25) is 9.78 Å². The van der Waals surface area contributed by atoms with E-state index < -0.39 is 12.0 Å². The van der Waals surface area contributed by atoms with Crippen LogP contribution in [0.2, 0.25) is 0 Å². The van der Waals surface area contributed by atoms with Crippen LogP contribution in [-0.4, -0.2) is 39.5 Å². The number of hydrogen-bond acceptors (Lipinski definition) is 3. The zero-order valence-corrected chi connectivity index (χ0v) is 9.37. The molecule has 0 saturated carbocycles. The number of rotatable bonds is 2. The number of nitrogens with zero attached hydrogens (tertiary/aromatic N) is 2. The van der Waals surface area contributed by atoms with E-state index in [9.17, 15) is 9.59 Å². The highest BCUT2D eigenvalue weighted by Gasteiger charge is 2.32. The van der Waals surface area contributed by atoms with E-state index in [1.165, 1.54) is 11.1 Å². The highest BCUT2D eigenvalue weighted by molar-refractivity contribution is 5.96. The van der Waals surface area contributed by atoms with Gasteiger partial charge in [-0.2, -0.15) is 0 Å². The van der Waals surface area contributed by atoms with Crippen LogP contribution in [0, 0.1) is 0 Å². The Morgan fingerprint density at radius 3 is 2.88 bits per heavy atom. The van der Waals surface area contributed by atoms with Gasteiger partial charge in [0.05, 0.1) is 5.56 Å². The summed E-state index contributed by atoms with van der Waals surface area (Å²) in [6.07, 6.45) is 5.29. The van der Waals surface area contributed by atoms with Crippen molar-refractivity contribution in [1.29, 1.82) is 0 Å². The van der Waals surface area contributed by atoms with Gasteiger partial charge in [0, 0.05) is 18.9 Å². The first-order valence-electron chi connectivity index (χ1n) is 5.64. The molecule has 17 heavy (non-hydrogen) atoms. The van der Waals surface area contributed by atoms with Crippen molar-refractivity contribution in [2.45, 2.75) is 25.3 Å². The van der Waals surface area contributed by atoms with Gasteiger partial charge in [0.25, 0.3) is 5.91 Å². The molecule has 0 aromatic carbocycles. The fraction of sp³-hybridized carbons (Fsp3) is 0.417. The zero-order chi connectivity index (χ0) is 12.3. The second-order valence-corrected chi connectivity index (χ2v) is 4.09. The number of carboxylic acids is 1. The van der Waals surface area contributed by atoms with Gasteiger partial charge in [0.15, 0.2) is 0 Å². The van der Waals surface area contributed by atoms with E-state index in [1.807, 2.05) is 0 Å². The lowest BCUT2D eigenvalue weighted by atomic mass is 10.0. The molecular formula is C12H14N2O3. The molecule has 90 valence electrons. The van der Waals surface area contributed by atoms with Gasteiger partial charge in [-0.05, 0) is 31.4 Å². The molecule has 1 fully saturated rings. The number of likely N-dealkylation sites (tertiary alicyclic amines) is 1. The van der Waals surface area contributed by atoms with Crippen LogP contribution in [0.15, 0.2) is 24.5 Å². The summed E-state index contributed by atoms with van der Waals surface area (Å²) in [6, 6.07) is 2.63. The first-order valence-corrected chi connectivity index (χ1v) is 5.64. The molecule has 1 aliphatic rings. The molecule has 0 bridgehead atoms. The van der Waals surface area contributed by atoms with Gasteiger partial charge in [-0.1, -0.05) is 0 Å². The van der Waals surface area contributed by atoms with E-state index in [-0.39, 0.29) is 5.91 Å². The Morgan fingerprint density at radius 2 is 2.24 bits per heavy atom. The smallest absolute Gasteiger partial charge is 0.326 e. The zero-order valence-electron chi connectivity index (χ0n) is 9.37. The Hall–Kier alpha value is -1.91. The summed E-state index contributed by atoms with van der Waals surface area (Å²) in [5.74, 6) is -1.17. The van der Waals surface area contributed by atoms with Gasteiger partial charge in [0.2, 0.25) is 0 Å². The predicted molar refractivity (Wildman–Crippen MR) is 60.5 cm³/mol. The first-order chi connectivity index (χ1) is 8.20. The molecule has 5 nitrogen and oxygen atoms in total. The Labute approximate surface area is 99.1 Å². The van der Waals surface area contributed by atoms with Crippen molar-refractivity contribution in [2.75, 3.05) is 6.54 Å². The third-order valence-corrected chi connectivity index (χ3v) is 2.96. The monoisotopic (exact) mass is 234 g/mol. The normalized spacial score (nSPS) is 20.0. The quantitative estimate of drug-likeness (QED) is 0.833. The van der Waals surface area contributed by atoms with Crippen LogP contribution in [0.25, 0.3) is 0 Å². The number of carbonyl (C=O) groups is 2. The number of aliphatic carboxylic acids is 1. The van der Waals surface area contributed by atoms with E-state index in [0.29, 0.717) is 18.5 Å². The Balaban J connectivity index is 2.20. The predicted octanol–water partition coefficient (Wildman–Crippen LogP) is 1.16. The molecule has 1 atom stereocenters. The summed E-state index contributed by atoms with van der Waals surface area (Å²) in [5, 5.41) is 9.09. The standard InChI is InChI=1S/C12H14N2O3/c15-11(9-4-3-6-13-8-9)14-7-2-1-5-10(14)12(16)17/h3-4,6,8,10H,1-2,5,7H2,(H,16,17)/t10-/m0/s1. The summed E-state index contributed by atoms with van der Waals surface area (Å²) in [7, 11) is 0. The van der Waals surface area contributed by atoms with Crippen molar-refractivity contribution in [2.24, 2.45) is 0 Å². The summed E-state index contributed by atoms with van der Waals surface area (Å²) < 4.78 is 0. The number of amides is 1. The van der Waals surface area contributed by atoms with Crippen molar-refractivity contribution in [1.82, 2.24) is 9.88 Å². The van der Waals surface area contributed by atoms with Crippen LogP contribution in [-0.2, 0) is 4.79 Å². The minimum absolute atomic E-state index is 0.245. The SMILES string of the molecule is O=C(O)[C@@H]1CCCCN1C(=O)c1cccnc1. The molecule has 1 aromatic heterocycles. The Bertz CT molecular complexity index is 419. The van der Waals surface area contributed by atoms with Crippen LogP contribution < -0.4 is 0 Å². The van der Waals surface area contributed by atoms with Crippen LogP contribution in [0.1, 0.15) is 29.6 Å². The van der Waals surface area contributed by atoms with Crippen LogP contribution >= 0.6 is 0 Å². The maximum absolute atomic E-state index is 12.1. The number of carboxylic acid groups (broad SMARTS) is 1. The van der Waals surface area contributed by atoms with Gasteiger partial charge in [0.1, 0.15) is 6.04 Å². The van der Waals surface area contributed by atoms with Crippen molar-refractivity contribution in [3.05, 3.63) is 30.1 Å². The third kappa shape index (κ3) is 2.43. The largest absolute Gasteiger partial charge is 0.480 e. The lowest BCUT2D eigenvalue weighted by Crippen LogP contribution is -2.48. The van der Waals surface area contributed by atoms with E-state index in [4.69, 9.17) is 5.11 Å². The number of aromatic nitrogens is 1. The van der Waals surface area contributed by atoms with Crippen LogP contribution in [0.5, 0.6) is 0 Å². The van der Waals surface area contributed by atoms with Crippen molar-refractivity contribution in [3.8, 4) is 0 Å². The van der Waals surface area contributed by atoms with E-state index in [2.05, 4.69) is 4.98 Å². The van der Waals surface area contributed by atoms with Crippen LogP contribution in [0.3, 0.4) is 0 Å². The maximum Gasteiger partial charge on any atom is 0.326 e. The number of carbonyl (C=O) groups excluding carboxylic acids is 1. The van der Waals surface area contributed by atoms with E-state index >= 15 is 0 Å². The van der Waals surface area contributed by atoms with Crippen LogP contribution in [0.4, 0.5) is 0 Å². The van der Waals surface area contributed by atoms with Gasteiger partial charge in [-0.25, -0.2) is 4.79 Å². The molecule has 1 aromatic rings. The molecule has 0 spiro atoms. The molecule has 1 N–H and O–H groups in total. The topological polar surface area (TPSA) is 70.5 Å². The van der Waals surface area contributed by atoms with Gasteiger partial charge >= 0.3 is 5.97 Å².